The van der Waals surface area contributed by atoms with Gasteiger partial charge in [-0.15, -0.1) is 0 Å². The molecule has 1 atom stereocenters. The lowest BCUT2D eigenvalue weighted by Gasteiger charge is -2.34. The maximum Gasteiger partial charge on any atom is 0.264 e. The number of carbonyl (C=O) groups excluding carboxylic acids is 2. The molecule has 1 saturated carbocycles. The van der Waals surface area contributed by atoms with Gasteiger partial charge in [0.2, 0.25) is 11.8 Å². The first kappa shape index (κ1) is 33.7. The number of sulfonamides is 1. The van der Waals surface area contributed by atoms with Crippen molar-refractivity contribution in [3.05, 3.63) is 129 Å². The Balaban J connectivity index is 1.56. The molecule has 46 heavy (non-hydrogen) atoms. The van der Waals surface area contributed by atoms with Crippen molar-refractivity contribution < 1.29 is 18.0 Å². The fraction of sp³-hybridized carbons (Fsp3) is 0.278. The maximum absolute atomic E-state index is 14.6. The lowest BCUT2D eigenvalue weighted by molar-refractivity contribution is -0.140. The summed E-state index contributed by atoms with van der Waals surface area (Å²) < 4.78 is 30.3. The Morgan fingerprint density at radius 2 is 1.57 bits per heavy atom. The van der Waals surface area contributed by atoms with Crippen LogP contribution >= 0.6 is 27.5 Å². The highest BCUT2D eigenvalue weighted by molar-refractivity contribution is 9.10. The second-order valence-electron chi connectivity index (χ2n) is 11.6. The number of carbonyl (C=O) groups is 2. The van der Waals surface area contributed by atoms with E-state index in [2.05, 4.69) is 21.2 Å². The van der Waals surface area contributed by atoms with E-state index in [-0.39, 0.29) is 35.5 Å². The summed E-state index contributed by atoms with van der Waals surface area (Å²) in [6.07, 6.45) is 4.13. The number of halogens is 2. The molecule has 0 spiro atoms. The first-order valence-electron chi connectivity index (χ1n) is 15.3. The van der Waals surface area contributed by atoms with Gasteiger partial charge < -0.3 is 10.2 Å². The van der Waals surface area contributed by atoms with Crippen LogP contribution in [-0.2, 0) is 32.6 Å². The summed E-state index contributed by atoms with van der Waals surface area (Å²) in [6.45, 7) is 1.45. The normalized spacial score (nSPS) is 14.1. The minimum Gasteiger partial charge on any atom is -0.352 e. The standard InChI is InChI=1S/C36H37BrClN3O4S/c1-26-14-20-33(21-15-26)46(44,45)41(32-13-7-10-30(38)23-32)25-35(42)40(24-28-16-18-29(37)19-17-28)34(22-27-8-3-2-4-9-27)36(43)39-31-11-5-6-12-31/h2-4,7-10,13-21,23,31,34H,5-6,11-12,22,24-25H2,1H3,(H,39,43)/t34-/m1/s1. The summed E-state index contributed by atoms with van der Waals surface area (Å²) >= 11 is 9.78. The first-order valence-corrected chi connectivity index (χ1v) is 17.9. The molecule has 0 saturated heterocycles. The molecule has 1 fully saturated rings. The van der Waals surface area contributed by atoms with Gasteiger partial charge in [-0.1, -0.05) is 107 Å². The first-order chi connectivity index (χ1) is 22.1. The van der Waals surface area contributed by atoms with Crippen molar-refractivity contribution >= 4 is 55.1 Å². The van der Waals surface area contributed by atoms with Crippen LogP contribution in [0.25, 0.3) is 0 Å². The molecule has 0 heterocycles. The van der Waals surface area contributed by atoms with Crippen molar-refractivity contribution in [3.8, 4) is 0 Å². The number of nitrogens with one attached hydrogen (secondary N) is 1. The smallest absolute Gasteiger partial charge is 0.264 e. The molecule has 1 N–H and O–H groups in total. The number of amides is 2. The largest absolute Gasteiger partial charge is 0.352 e. The van der Waals surface area contributed by atoms with Gasteiger partial charge in [0.25, 0.3) is 10.0 Å². The Hall–Kier alpha value is -3.66. The summed E-state index contributed by atoms with van der Waals surface area (Å²) in [7, 11) is -4.20. The van der Waals surface area contributed by atoms with Crippen molar-refractivity contribution in [2.75, 3.05) is 10.8 Å². The van der Waals surface area contributed by atoms with Gasteiger partial charge in [0.05, 0.1) is 10.6 Å². The summed E-state index contributed by atoms with van der Waals surface area (Å²) in [5.74, 6) is -0.766. The van der Waals surface area contributed by atoms with Gasteiger partial charge >= 0.3 is 0 Å². The number of hydrogen-bond acceptors (Lipinski definition) is 4. The average molecular weight is 723 g/mol. The van der Waals surface area contributed by atoms with E-state index in [1.165, 1.54) is 23.1 Å². The number of rotatable bonds is 12. The molecular weight excluding hydrogens is 686 g/mol. The van der Waals surface area contributed by atoms with E-state index in [1.54, 1.807) is 30.3 Å². The Labute approximate surface area is 284 Å². The fourth-order valence-corrected chi connectivity index (χ4v) is 7.56. The third-order valence-corrected chi connectivity index (χ3v) is 10.8. The Morgan fingerprint density at radius 3 is 2.22 bits per heavy atom. The van der Waals surface area contributed by atoms with E-state index in [4.69, 9.17) is 11.6 Å². The molecule has 10 heteroatoms. The van der Waals surface area contributed by atoms with Crippen molar-refractivity contribution in [1.82, 2.24) is 10.2 Å². The zero-order valence-electron chi connectivity index (χ0n) is 25.6. The second kappa shape index (κ2) is 15.3. The average Bonchev–Trinajstić information content (AvgIpc) is 3.56. The molecular formula is C36H37BrClN3O4S. The van der Waals surface area contributed by atoms with Gasteiger partial charge in [0.15, 0.2) is 0 Å². The monoisotopic (exact) mass is 721 g/mol. The second-order valence-corrected chi connectivity index (χ2v) is 14.9. The fourth-order valence-electron chi connectivity index (χ4n) is 5.71. The van der Waals surface area contributed by atoms with Gasteiger partial charge in [-0.2, -0.15) is 0 Å². The lowest BCUT2D eigenvalue weighted by Crippen LogP contribution is -2.54. The van der Waals surface area contributed by atoms with E-state index in [1.807, 2.05) is 61.5 Å². The molecule has 7 nitrogen and oxygen atoms in total. The van der Waals surface area contributed by atoms with Crippen LogP contribution in [0.1, 0.15) is 42.4 Å². The molecule has 5 rings (SSSR count). The quantitative estimate of drug-likeness (QED) is 0.166. The minimum atomic E-state index is -4.20. The van der Waals surface area contributed by atoms with Crippen LogP contribution in [0.2, 0.25) is 5.02 Å². The number of hydrogen-bond donors (Lipinski definition) is 1. The third-order valence-electron chi connectivity index (χ3n) is 8.22. The van der Waals surface area contributed by atoms with Gasteiger partial charge in [-0.3, -0.25) is 13.9 Å². The molecule has 0 unspecified atom stereocenters. The molecule has 0 aliphatic heterocycles. The number of anilines is 1. The van der Waals surface area contributed by atoms with Crippen LogP contribution in [0.4, 0.5) is 5.69 Å². The molecule has 2 amide bonds. The molecule has 1 aliphatic rings. The van der Waals surface area contributed by atoms with Crippen LogP contribution in [-0.4, -0.2) is 43.8 Å². The van der Waals surface area contributed by atoms with Crippen molar-refractivity contribution in [2.24, 2.45) is 0 Å². The van der Waals surface area contributed by atoms with Crippen molar-refractivity contribution in [3.63, 3.8) is 0 Å². The predicted octanol–water partition coefficient (Wildman–Crippen LogP) is 7.31. The Bertz CT molecular complexity index is 1750. The van der Waals surface area contributed by atoms with Crippen LogP contribution in [0.5, 0.6) is 0 Å². The van der Waals surface area contributed by atoms with E-state index < -0.39 is 28.5 Å². The molecule has 0 radical (unpaired) electrons. The molecule has 4 aromatic rings. The summed E-state index contributed by atoms with van der Waals surface area (Å²) in [5, 5.41) is 3.53. The highest BCUT2D eigenvalue weighted by Gasteiger charge is 2.35. The van der Waals surface area contributed by atoms with Crippen LogP contribution in [0.15, 0.2) is 112 Å². The van der Waals surface area contributed by atoms with E-state index in [0.29, 0.717) is 5.02 Å². The highest BCUT2D eigenvalue weighted by atomic mass is 79.9. The highest BCUT2D eigenvalue weighted by Crippen LogP contribution is 2.28. The Kier molecular flexibility index (Phi) is 11.2. The molecule has 0 bridgehead atoms. The molecule has 240 valence electrons. The SMILES string of the molecule is Cc1ccc(S(=O)(=O)N(CC(=O)N(Cc2ccc(Br)cc2)[C@H](Cc2ccccc2)C(=O)NC2CCCC2)c2cccc(Cl)c2)cc1. The van der Waals surface area contributed by atoms with Crippen LogP contribution < -0.4 is 9.62 Å². The predicted molar refractivity (Wildman–Crippen MR) is 186 cm³/mol. The van der Waals surface area contributed by atoms with E-state index in [9.17, 15) is 18.0 Å². The molecule has 1 aliphatic carbocycles. The number of nitrogens with zero attached hydrogens (tertiary/aromatic N) is 2. The van der Waals surface area contributed by atoms with E-state index >= 15 is 0 Å². The lowest BCUT2D eigenvalue weighted by atomic mass is 10.0. The zero-order chi connectivity index (χ0) is 32.7. The maximum atomic E-state index is 14.6. The number of aryl methyl sites for hydroxylation is 1. The van der Waals surface area contributed by atoms with E-state index in [0.717, 1.165) is 51.2 Å². The minimum absolute atomic E-state index is 0.0419. The van der Waals surface area contributed by atoms with Crippen molar-refractivity contribution in [1.29, 1.82) is 0 Å². The Morgan fingerprint density at radius 1 is 0.891 bits per heavy atom. The molecule has 0 aromatic heterocycles. The van der Waals surface area contributed by atoms with Gasteiger partial charge in [-0.05, 0) is 73.4 Å². The van der Waals surface area contributed by atoms with Gasteiger partial charge in [-0.25, -0.2) is 8.42 Å². The zero-order valence-corrected chi connectivity index (χ0v) is 28.8. The van der Waals surface area contributed by atoms with Crippen molar-refractivity contribution in [2.45, 2.75) is 62.6 Å². The van der Waals surface area contributed by atoms with Gasteiger partial charge in [0.1, 0.15) is 12.6 Å². The summed E-state index contributed by atoms with van der Waals surface area (Å²) in [5.41, 5.74) is 2.85. The summed E-state index contributed by atoms with van der Waals surface area (Å²) in [4.78, 5) is 30.2. The van der Waals surface area contributed by atoms with Gasteiger partial charge in [0, 0.05) is 28.5 Å². The molecule has 4 aromatic carbocycles. The summed E-state index contributed by atoms with van der Waals surface area (Å²) in [6, 6.07) is 29.2. The van der Waals surface area contributed by atoms with Crippen LogP contribution in [0, 0.1) is 6.92 Å². The topological polar surface area (TPSA) is 86.8 Å². The number of benzene rings is 4. The van der Waals surface area contributed by atoms with Crippen LogP contribution in [0.3, 0.4) is 0 Å². The third kappa shape index (κ3) is 8.57.